The number of hydrogen-bond acceptors (Lipinski definition) is 3. The molecule has 0 amide bonds. The Labute approximate surface area is 113 Å². The predicted octanol–water partition coefficient (Wildman–Crippen LogP) is 3.12. The van der Waals surface area contributed by atoms with E-state index in [1.54, 1.807) is 23.1 Å². The molecule has 0 bridgehead atoms. The second kappa shape index (κ2) is 5.06. The predicted molar refractivity (Wildman–Crippen MR) is 69.2 cm³/mol. The van der Waals surface area contributed by atoms with Gasteiger partial charge in [0.25, 0.3) is 0 Å². The van der Waals surface area contributed by atoms with Crippen LogP contribution >= 0.6 is 27.5 Å². The lowest BCUT2D eigenvalue weighted by Gasteiger charge is -2.06. The lowest BCUT2D eigenvalue weighted by molar-refractivity contribution is 0.293. The molecular formula is C11H11BrClN3O. The molecule has 0 fully saturated rings. The zero-order valence-electron chi connectivity index (χ0n) is 9.44. The van der Waals surface area contributed by atoms with E-state index in [1.807, 2.05) is 14.0 Å². The van der Waals surface area contributed by atoms with Gasteiger partial charge in [-0.1, -0.05) is 11.6 Å². The van der Waals surface area contributed by atoms with E-state index < -0.39 is 0 Å². The Morgan fingerprint density at radius 1 is 1.47 bits per heavy atom. The van der Waals surface area contributed by atoms with E-state index in [0.29, 0.717) is 17.4 Å². The quantitative estimate of drug-likeness (QED) is 0.873. The van der Waals surface area contributed by atoms with Crippen molar-refractivity contribution >= 4 is 27.5 Å². The van der Waals surface area contributed by atoms with Crippen molar-refractivity contribution in [2.24, 2.45) is 7.05 Å². The van der Waals surface area contributed by atoms with Crippen molar-refractivity contribution in [1.29, 1.82) is 0 Å². The summed E-state index contributed by atoms with van der Waals surface area (Å²) >= 11 is 9.31. The van der Waals surface area contributed by atoms with E-state index in [-0.39, 0.29) is 0 Å². The van der Waals surface area contributed by atoms with Gasteiger partial charge in [-0.15, -0.1) is 0 Å². The molecule has 2 aromatic rings. The fraction of sp³-hybridized carbons (Fsp3) is 0.273. The Hall–Kier alpha value is -1.07. The topological polar surface area (TPSA) is 39.9 Å². The number of rotatable bonds is 3. The van der Waals surface area contributed by atoms with Gasteiger partial charge in [0.1, 0.15) is 12.4 Å². The normalized spacial score (nSPS) is 10.6. The molecule has 0 unspecified atom stereocenters. The van der Waals surface area contributed by atoms with Crippen LogP contribution in [0.1, 0.15) is 11.4 Å². The summed E-state index contributed by atoms with van der Waals surface area (Å²) in [6.45, 7) is 2.36. The van der Waals surface area contributed by atoms with Crippen LogP contribution in [-0.4, -0.2) is 14.8 Å². The first-order valence-electron chi connectivity index (χ1n) is 4.99. The number of pyridine rings is 1. The van der Waals surface area contributed by atoms with Gasteiger partial charge in [-0.05, 0) is 22.9 Å². The van der Waals surface area contributed by atoms with E-state index in [2.05, 4.69) is 26.0 Å². The Balaban J connectivity index is 2.12. The van der Waals surface area contributed by atoms with Crippen molar-refractivity contribution in [1.82, 2.24) is 14.8 Å². The fourth-order valence-electron chi connectivity index (χ4n) is 1.46. The van der Waals surface area contributed by atoms with Gasteiger partial charge in [-0.2, -0.15) is 5.10 Å². The van der Waals surface area contributed by atoms with Crippen molar-refractivity contribution in [2.75, 3.05) is 0 Å². The van der Waals surface area contributed by atoms with Gasteiger partial charge in [-0.25, -0.2) is 0 Å². The van der Waals surface area contributed by atoms with Crippen LogP contribution in [0, 0.1) is 6.92 Å². The fourth-order valence-corrected chi connectivity index (χ4v) is 2.07. The molecule has 0 aliphatic carbocycles. The molecule has 0 spiro atoms. The average Bonchev–Trinajstić information content (AvgIpc) is 2.51. The van der Waals surface area contributed by atoms with Gasteiger partial charge in [0.2, 0.25) is 0 Å². The highest BCUT2D eigenvalue weighted by Gasteiger charge is 2.11. The number of hydrogen-bond donors (Lipinski definition) is 0. The summed E-state index contributed by atoms with van der Waals surface area (Å²) in [6, 6.07) is 1.73. The van der Waals surface area contributed by atoms with E-state index >= 15 is 0 Å². The first-order chi connectivity index (χ1) is 8.08. The standard InChI is InChI=1S/C11H11BrClN3O/c1-7-11(12)10(16(2)15-7)6-17-9-3-8(13)4-14-5-9/h3-5H,6H2,1-2H3. The molecule has 2 heterocycles. The Bertz CT molecular complexity index is 542. The molecule has 0 aromatic carbocycles. The van der Waals surface area contributed by atoms with Crippen LogP contribution in [0.15, 0.2) is 22.9 Å². The molecule has 2 aromatic heterocycles. The van der Waals surface area contributed by atoms with Gasteiger partial charge in [0.15, 0.2) is 0 Å². The molecule has 0 N–H and O–H groups in total. The Kier molecular flexibility index (Phi) is 3.69. The minimum absolute atomic E-state index is 0.417. The second-order valence-corrected chi connectivity index (χ2v) is 4.83. The van der Waals surface area contributed by atoms with Crippen molar-refractivity contribution in [2.45, 2.75) is 13.5 Å². The zero-order valence-corrected chi connectivity index (χ0v) is 11.8. The zero-order chi connectivity index (χ0) is 12.4. The minimum Gasteiger partial charge on any atom is -0.486 e. The van der Waals surface area contributed by atoms with Crippen LogP contribution in [0.4, 0.5) is 0 Å². The van der Waals surface area contributed by atoms with Gasteiger partial charge in [0, 0.05) is 19.3 Å². The van der Waals surface area contributed by atoms with Gasteiger partial charge in [0.05, 0.1) is 27.1 Å². The van der Waals surface area contributed by atoms with Crippen LogP contribution in [-0.2, 0) is 13.7 Å². The van der Waals surface area contributed by atoms with Crippen LogP contribution in [0.3, 0.4) is 0 Å². The van der Waals surface area contributed by atoms with E-state index in [1.165, 1.54) is 0 Å². The molecule has 0 aliphatic heterocycles. The molecular weight excluding hydrogens is 305 g/mol. The van der Waals surface area contributed by atoms with Crippen molar-refractivity contribution in [3.05, 3.63) is 39.3 Å². The van der Waals surface area contributed by atoms with E-state index in [9.17, 15) is 0 Å². The maximum atomic E-state index is 5.82. The van der Waals surface area contributed by atoms with Crippen LogP contribution < -0.4 is 4.74 Å². The first kappa shape index (κ1) is 12.4. The summed E-state index contributed by atoms with van der Waals surface area (Å²) in [5.74, 6) is 0.642. The highest BCUT2D eigenvalue weighted by Crippen LogP contribution is 2.22. The third-order valence-electron chi connectivity index (χ3n) is 2.32. The second-order valence-electron chi connectivity index (χ2n) is 3.60. The summed E-state index contributed by atoms with van der Waals surface area (Å²) in [5, 5.41) is 4.85. The van der Waals surface area contributed by atoms with Crippen molar-refractivity contribution in [3.63, 3.8) is 0 Å². The first-order valence-corrected chi connectivity index (χ1v) is 6.16. The van der Waals surface area contributed by atoms with Crippen molar-refractivity contribution in [3.8, 4) is 5.75 Å². The number of nitrogens with zero attached hydrogens (tertiary/aromatic N) is 3. The van der Waals surface area contributed by atoms with Gasteiger partial charge in [-0.3, -0.25) is 9.67 Å². The highest BCUT2D eigenvalue weighted by atomic mass is 79.9. The molecule has 0 aliphatic rings. The van der Waals surface area contributed by atoms with E-state index in [0.717, 1.165) is 15.9 Å². The lowest BCUT2D eigenvalue weighted by atomic mass is 10.4. The smallest absolute Gasteiger partial charge is 0.139 e. The monoisotopic (exact) mass is 315 g/mol. The molecule has 17 heavy (non-hydrogen) atoms. The molecule has 6 heteroatoms. The summed E-state index contributed by atoms with van der Waals surface area (Å²) in [7, 11) is 1.88. The lowest BCUT2D eigenvalue weighted by Crippen LogP contribution is -2.03. The number of aryl methyl sites for hydroxylation is 2. The molecule has 4 nitrogen and oxygen atoms in total. The molecule has 0 radical (unpaired) electrons. The molecule has 90 valence electrons. The maximum Gasteiger partial charge on any atom is 0.139 e. The largest absolute Gasteiger partial charge is 0.486 e. The summed E-state index contributed by atoms with van der Waals surface area (Å²) in [5.41, 5.74) is 1.91. The van der Waals surface area contributed by atoms with Gasteiger partial charge < -0.3 is 4.74 Å². The van der Waals surface area contributed by atoms with Crippen LogP contribution in [0.2, 0.25) is 5.02 Å². The molecule has 2 rings (SSSR count). The number of halogens is 2. The molecule has 0 atom stereocenters. The third kappa shape index (κ3) is 2.79. The molecule has 0 saturated heterocycles. The minimum atomic E-state index is 0.417. The van der Waals surface area contributed by atoms with Gasteiger partial charge >= 0.3 is 0 Å². The third-order valence-corrected chi connectivity index (χ3v) is 3.56. The van der Waals surface area contributed by atoms with E-state index in [4.69, 9.17) is 16.3 Å². The Morgan fingerprint density at radius 3 is 2.82 bits per heavy atom. The SMILES string of the molecule is Cc1nn(C)c(COc2cncc(Cl)c2)c1Br. The summed E-state index contributed by atoms with van der Waals surface area (Å²) < 4.78 is 8.37. The van der Waals surface area contributed by atoms with Crippen LogP contribution in [0.25, 0.3) is 0 Å². The number of aromatic nitrogens is 3. The summed E-state index contributed by atoms with van der Waals surface area (Å²) in [6.07, 6.45) is 3.20. The Morgan fingerprint density at radius 2 is 2.24 bits per heavy atom. The van der Waals surface area contributed by atoms with Crippen LogP contribution in [0.5, 0.6) is 5.75 Å². The molecule has 0 saturated carbocycles. The highest BCUT2D eigenvalue weighted by molar-refractivity contribution is 9.10. The van der Waals surface area contributed by atoms with Crippen molar-refractivity contribution < 1.29 is 4.74 Å². The average molecular weight is 317 g/mol. The number of ether oxygens (including phenoxy) is 1. The summed E-state index contributed by atoms with van der Waals surface area (Å²) in [4.78, 5) is 3.96. The maximum absolute atomic E-state index is 5.82.